The van der Waals surface area contributed by atoms with Crippen molar-refractivity contribution in [2.24, 2.45) is 0 Å². The van der Waals surface area contributed by atoms with Gasteiger partial charge in [-0.2, -0.15) is 0 Å². The number of para-hydroxylation sites is 3. The number of hydrogen-bond acceptors (Lipinski definition) is 4. The van der Waals surface area contributed by atoms with Gasteiger partial charge in [0.1, 0.15) is 16.9 Å². The second kappa shape index (κ2) is 6.52. The fourth-order valence-electron chi connectivity index (χ4n) is 3.07. The fourth-order valence-corrected chi connectivity index (χ4v) is 3.07. The van der Waals surface area contributed by atoms with Crippen molar-refractivity contribution in [3.63, 3.8) is 0 Å². The van der Waals surface area contributed by atoms with Crippen LogP contribution in [-0.2, 0) is 11.2 Å². The van der Waals surface area contributed by atoms with Gasteiger partial charge in [0, 0.05) is 22.9 Å². The lowest BCUT2D eigenvalue weighted by molar-refractivity contribution is -0.135. The first-order valence-corrected chi connectivity index (χ1v) is 8.44. The summed E-state index contributed by atoms with van der Waals surface area (Å²) in [7, 11) is 0. The first-order chi connectivity index (χ1) is 12.7. The normalized spacial score (nSPS) is 12.1. The molecule has 0 radical (unpaired) electrons. The number of aliphatic carboxylic acids is 1. The number of hydrogen-bond donors (Lipinski definition) is 1. The van der Waals surface area contributed by atoms with Crippen molar-refractivity contribution in [1.29, 1.82) is 0 Å². The van der Waals surface area contributed by atoms with E-state index in [0.29, 0.717) is 29.0 Å². The monoisotopic (exact) mass is 347 g/mol. The fraction of sp³-hybridized carbons (Fsp3) is 0.143. The summed E-state index contributed by atoms with van der Waals surface area (Å²) in [5.74, 6) is 0.190. The van der Waals surface area contributed by atoms with Gasteiger partial charge in [-0.05, 0) is 24.3 Å². The molecule has 0 atom stereocenters. The Morgan fingerprint density at radius 3 is 2.54 bits per heavy atom. The summed E-state index contributed by atoms with van der Waals surface area (Å²) in [6.45, 7) is 2.01. The molecule has 5 nitrogen and oxygen atoms in total. The van der Waals surface area contributed by atoms with Gasteiger partial charge in [-0.3, -0.25) is 4.79 Å². The molecule has 0 unspecified atom stereocenters. The molecule has 0 amide bonds. The number of carboxylic acid groups (broad SMARTS) is 1. The lowest BCUT2D eigenvalue weighted by Crippen LogP contribution is -1.97. The van der Waals surface area contributed by atoms with Crippen LogP contribution in [0, 0.1) is 0 Å². The second-order valence-electron chi connectivity index (χ2n) is 6.02. The van der Waals surface area contributed by atoms with Crippen LogP contribution in [0.3, 0.4) is 0 Å². The molecular weight excluding hydrogens is 330 g/mol. The van der Waals surface area contributed by atoms with Gasteiger partial charge in [-0.1, -0.05) is 37.3 Å². The third-order valence-electron chi connectivity index (χ3n) is 4.26. The highest BCUT2D eigenvalue weighted by Gasteiger charge is 2.17. The standard InChI is InChI=1S/C21H17NO4/c1-2-17-15(14-7-3-5-9-18(14)25-17)11-13(12-20(23)24)21-22-16-8-4-6-10-19(16)26-21/h3-11H,2,12H2,1H3,(H,23,24)/b13-11+. The zero-order valence-corrected chi connectivity index (χ0v) is 14.2. The molecule has 2 aromatic heterocycles. The summed E-state index contributed by atoms with van der Waals surface area (Å²) in [6.07, 6.45) is 2.34. The van der Waals surface area contributed by atoms with Crippen LogP contribution in [-0.4, -0.2) is 16.1 Å². The van der Waals surface area contributed by atoms with Crippen LogP contribution in [0.5, 0.6) is 0 Å². The van der Waals surface area contributed by atoms with Crippen molar-refractivity contribution in [3.05, 3.63) is 65.7 Å². The molecule has 5 heteroatoms. The van der Waals surface area contributed by atoms with Crippen LogP contribution in [0.25, 0.3) is 33.7 Å². The summed E-state index contributed by atoms with van der Waals surface area (Å²) in [5.41, 5.74) is 3.50. The number of oxazole rings is 1. The minimum absolute atomic E-state index is 0.185. The molecule has 0 saturated heterocycles. The SMILES string of the molecule is CCc1oc2ccccc2c1/C=C(\CC(=O)O)c1nc2ccccc2o1. The van der Waals surface area contributed by atoms with Gasteiger partial charge in [-0.15, -0.1) is 0 Å². The van der Waals surface area contributed by atoms with Crippen molar-refractivity contribution in [3.8, 4) is 0 Å². The van der Waals surface area contributed by atoms with E-state index in [-0.39, 0.29) is 6.42 Å². The molecule has 0 fully saturated rings. The molecule has 0 aliphatic heterocycles. The molecule has 2 heterocycles. The quantitative estimate of drug-likeness (QED) is 0.540. The maximum absolute atomic E-state index is 11.4. The predicted octanol–water partition coefficient (Wildman–Crippen LogP) is 5.15. The molecule has 0 saturated carbocycles. The van der Waals surface area contributed by atoms with Crippen molar-refractivity contribution >= 4 is 39.7 Å². The third-order valence-corrected chi connectivity index (χ3v) is 4.26. The van der Waals surface area contributed by atoms with Crippen LogP contribution in [0.15, 0.2) is 57.4 Å². The predicted molar refractivity (Wildman–Crippen MR) is 99.7 cm³/mol. The Morgan fingerprint density at radius 1 is 1.08 bits per heavy atom. The summed E-state index contributed by atoms with van der Waals surface area (Å²) >= 11 is 0. The zero-order chi connectivity index (χ0) is 18.1. The molecule has 2 aromatic carbocycles. The topological polar surface area (TPSA) is 76.5 Å². The molecule has 4 aromatic rings. The number of furan rings is 1. The van der Waals surface area contributed by atoms with Crippen LogP contribution < -0.4 is 0 Å². The molecule has 1 N–H and O–H groups in total. The Hall–Kier alpha value is -3.34. The van der Waals surface area contributed by atoms with Crippen molar-refractivity contribution in [1.82, 2.24) is 4.98 Å². The molecule has 4 rings (SSSR count). The number of carboxylic acids is 1. The van der Waals surface area contributed by atoms with E-state index in [0.717, 1.165) is 22.3 Å². The summed E-state index contributed by atoms with van der Waals surface area (Å²) in [5, 5.41) is 10.3. The number of benzene rings is 2. The number of fused-ring (bicyclic) bond motifs is 2. The van der Waals surface area contributed by atoms with Crippen LogP contribution in [0.1, 0.15) is 30.6 Å². The largest absolute Gasteiger partial charge is 0.481 e. The van der Waals surface area contributed by atoms with Crippen LogP contribution >= 0.6 is 0 Å². The van der Waals surface area contributed by atoms with E-state index in [4.69, 9.17) is 8.83 Å². The van der Waals surface area contributed by atoms with Gasteiger partial charge in [0.05, 0.1) is 6.42 Å². The average Bonchev–Trinajstić information content (AvgIpc) is 3.22. The van der Waals surface area contributed by atoms with Gasteiger partial charge in [0.25, 0.3) is 0 Å². The molecule has 0 aliphatic rings. The number of rotatable bonds is 5. The minimum atomic E-state index is -0.940. The maximum Gasteiger partial charge on any atom is 0.308 e. The van der Waals surface area contributed by atoms with Gasteiger partial charge >= 0.3 is 5.97 Å². The Kier molecular flexibility index (Phi) is 4.05. The number of carbonyl (C=O) groups is 1. The van der Waals surface area contributed by atoms with E-state index >= 15 is 0 Å². The molecule has 0 spiro atoms. The number of nitrogens with zero attached hydrogens (tertiary/aromatic N) is 1. The van der Waals surface area contributed by atoms with E-state index in [1.807, 2.05) is 61.5 Å². The van der Waals surface area contributed by atoms with Crippen molar-refractivity contribution in [2.75, 3.05) is 0 Å². The Labute approximate surface area is 149 Å². The van der Waals surface area contributed by atoms with Crippen LogP contribution in [0.2, 0.25) is 0 Å². The number of aryl methyl sites for hydroxylation is 1. The van der Waals surface area contributed by atoms with E-state index in [1.54, 1.807) is 0 Å². The molecule has 0 aliphatic carbocycles. The Bertz CT molecular complexity index is 1100. The average molecular weight is 347 g/mol. The van der Waals surface area contributed by atoms with Crippen LogP contribution in [0.4, 0.5) is 0 Å². The lowest BCUT2D eigenvalue weighted by atomic mass is 10.0. The first-order valence-electron chi connectivity index (χ1n) is 8.44. The van der Waals surface area contributed by atoms with Crippen molar-refractivity contribution < 1.29 is 18.7 Å². The number of aromatic nitrogens is 1. The molecule has 130 valence electrons. The maximum atomic E-state index is 11.4. The third kappa shape index (κ3) is 2.88. The zero-order valence-electron chi connectivity index (χ0n) is 14.2. The lowest BCUT2D eigenvalue weighted by Gasteiger charge is -2.01. The smallest absolute Gasteiger partial charge is 0.308 e. The van der Waals surface area contributed by atoms with Gasteiger partial charge in [-0.25, -0.2) is 4.98 Å². The van der Waals surface area contributed by atoms with Gasteiger partial charge in [0.2, 0.25) is 5.89 Å². The Balaban J connectivity index is 1.91. The highest BCUT2D eigenvalue weighted by atomic mass is 16.4. The highest BCUT2D eigenvalue weighted by Crippen LogP contribution is 2.32. The highest BCUT2D eigenvalue weighted by molar-refractivity contribution is 5.97. The first kappa shape index (κ1) is 16.1. The molecular formula is C21H17NO4. The van der Waals surface area contributed by atoms with Gasteiger partial charge in [0.15, 0.2) is 5.58 Å². The van der Waals surface area contributed by atoms with E-state index in [1.165, 1.54) is 0 Å². The summed E-state index contributed by atoms with van der Waals surface area (Å²) in [6, 6.07) is 15.1. The van der Waals surface area contributed by atoms with E-state index in [2.05, 4.69) is 4.98 Å². The Morgan fingerprint density at radius 2 is 1.81 bits per heavy atom. The second-order valence-corrected chi connectivity index (χ2v) is 6.02. The van der Waals surface area contributed by atoms with Gasteiger partial charge < -0.3 is 13.9 Å². The molecule has 26 heavy (non-hydrogen) atoms. The molecule has 0 bridgehead atoms. The van der Waals surface area contributed by atoms with E-state index in [9.17, 15) is 9.90 Å². The minimum Gasteiger partial charge on any atom is -0.481 e. The summed E-state index contributed by atoms with van der Waals surface area (Å²) in [4.78, 5) is 15.9. The van der Waals surface area contributed by atoms with Crippen molar-refractivity contribution in [2.45, 2.75) is 19.8 Å². The summed E-state index contributed by atoms with van der Waals surface area (Å²) < 4.78 is 11.7. The van der Waals surface area contributed by atoms with E-state index < -0.39 is 5.97 Å².